The fraction of sp³-hybridized carbons (Fsp3) is 0.286. The Hall–Kier alpha value is -2.08. The molecule has 2 N–H and O–H groups in total. The molecule has 106 valence electrons. The summed E-state index contributed by atoms with van der Waals surface area (Å²) in [4.78, 5) is 18.3. The number of carbonyl (C=O) groups is 1. The van der Waals surface area contributed by atoms with E-state index < -0.39 is 5.97 Å². The van der Waals surface area contributed by atoms with Crippen LogP contribution in [0.15, 0.2) is 23.6 Å². The number of benzene rings is 1. The minimum atomic E-state index is -0.397. The highest BCUT2D eigenvalue weighted by Gasteiger charge is 2.15. The minimum Gasteiger partial charge on any atom is -0.455 e. The topological polar surface area (TPSA) is 68.4 Å². The number of anilines is 2. The lowest BCUT2D eigenvalue weighted by Crippen LogP contribution is -2.16. The molecular weight excluding hydrogens is 274 g/mol. The molecule has 0 saturated carbocycles. The molecule has 1 heterocycles. The summed E-state index contributed by atoms with van der Waals surface area (Å²) in [5.74, 6) is -0.397. The molecule has 0 aliphatic heterocycles. The molecule has 5 nitrogen and oxygen atoms in total. The van der Waals surface area contributed by atoms with Gasteiger partial charge in [-0.3, -0.25) is 0 Å². The molecule has 2 aromatic rings. The Labute approximate surface area is 122 Å². The lowest BCUT2D eigenvalue weighted by atomic mass is 10.1. The fourth-order valence-electron chi connectivity index (χ4n) is 1.80. The molecule has 2 rings (SSSR count). The Balaban J connectivity index is 2.14. The van der Waals surface area contributed by atoms with Gasteiger partial charge >= 0.3 is 5.97 Å². The van der Waals surface area contributed by atoms with Crippen molar-refractivity contribution in [1.82, 2.24) is 4.98 Å². The van der Waals surface area contributed by atoms with Crippen molar-refractivity contribution < 1.29 is 9.53 Å². The van der Waals surface area contributed by atoms with Gasteiger partial charge in [-0.2, -0.15) is 0 Å². The number of nitrogens with two attached hydrogens (primary N) is 1. The third kappa shape index (κ3) is 3.27. The smallest absolute Gasteiger partial charge is 0.340 e. The van der Waals surface area contributed by atoms with Crippen molar-refractivity contribution in [3.05, 3.63) is 39.8 Å². The van der Waals surface area contributed by atoms with Gasteiger partial charge in [0.2, 0.25) is 0 Å². The number of rotatable bonds is 4. The molecule has 0 bridgehead atoms. The predicted molar refractivity (Wildman–Crippen MR) is 81.2 cm³/mol. The van der Waals surface area contributed by atoms with Crippen LogP contribution in [0, 0.1) is 6.92 Å². The molecule has 0 saturated heterocycles. The molecular formula is C14H17N3O2S. The second-order valence-corrected chi connectivity index (χ2v) is 5.67. The number of hydrogen-bond acceptors (Lipinski definition) is 6. The molecule has 1 aromatic heterocycles. The number of ether oxygens (including phenoxy) is 1. The normalized spacial score (nSPS) is 10.3. The van der Waals surface area contributed by atoms with Crippen molar-refractivity contribution in [3.8, 4) is 0 Å². The van der Waals surface area contributed by atoms with Crippen LogP contribution in [0.2, 0.25) is 0 Å². The Kier molecular flexibility index (Phi) is 4.24. The van der Waals surface area contributed by atoms with E-state index in [-0.39, 0.29) is 6.61 Å². The maximum Gasteiger partial charge on any atom is 0.340 e. The summed E-state index contributed by atoms with van der Waals surface area (Å²) in [5.41, 5.74) is 8.27. The standard InChI is InChI=1S/C14H17N3O2S/c1-9-16-11(8-20-9)7-19-14(18)12-6-10(15)4-5-13(12)17(2)3/h4-6,8H,7,15H2,1-3H3. The van der Waals surface area contributed by atoms with Crippen LogP contribution in [0.1, 0.15) is 21.1 Å². The average molecular weight is 291 g/mol. The SMILES string of the molecule is Cc1nc(COC(=O)c2cc(N)ccc2N(C)C)cs1. The molecule has 0 spiro atoms. The number of nitrogens with zero attached hydrogens (tertiary/aromatic N) is 2. The third-order valence-electron chi connectivity index (χ3n) is 2.74. The van der Waals surface area contributed by atoms with Gasteiger partial charge in [0.15, 0.2) is 0 Å². The summed E-state index contributed by atoms with van der Waals surface area (Å²) in [6.07, 6.45) is 0. The van der Waals surface area contributed by atoms with E-state index in [0.29, 0.717) is 11.3 Å². The summed E-state index contributed by atoms with van der Waals surface area (Å²) in [7, 11) is 3.73. The van der Waals surface area contributed by atoms with Crippen molar-refractivity contribution in [2.45, 2.75) is 13.5 Å². The van der Waals surface area contributed by atoms with Crippen LogP contribution in [0.4, 0.5) is 11.4 Å². The molecule has 0 amide bonds. The van der Waals surface area contributed by atoms with Crippen molar-refractivity contribution in [2.75, 3.05) is 24.7 Å². The molecule has 20 heavy (non-hydrogen) atoms. The number of aryl methyl sites for hydroxylation is 1. The van der Waals surface area contributed by atoms with Crippen molar-refractivity contribution >= 4 is 28.7 Å². The van der Waals surface area contributed by atoms with E-state index in [4.69, 9.17) is 10.5 Å². The molecule has 0 atom stereocenters. The Morgan fingerprint density at radius 3 is 2.80 bits per heavy atom. The number of hydrogen-bond donors (Lipinski definition) is 1. The van der Waals surface area contributed by atoms with Gasteiger partial charge in [-0.25, -0.2) is 9.78 Å². The monoisotopic (exact) mass is 291 g/mol. The maximum atomic E-state index is 12.2. The van der Waals surface area contributed by atoms with Gasteiger partial charge in [-0.05, 0) is 25.1 Å². The first-order chi connectivity index (χ1) is 9.47. The van der Waals surface area contributed by atoms with Crippen LogP contribution >= 0.6 is 11.3 Å². The van der Waals surface area contributed by atoms with Gasteiger partial charge in [0.1, 0.15) is 6.61 Å². The second kappa shape index (κ2) is 5.92. The fourth-order valence-corrected chi connectivity index (χ4v) is 2.40. The van der Waals surface area contributed by atoms with Crippen molar-refractivity contribution in [3.63, 3.8) is 0 Å². The maximum absolute atomic E-state index is 12.2. The number of carbonyl (C=O) groups excluding carboxylic acids is 1. The first-order valence-electron chi connectivity index (χ1n) is 6.12. The average Bonchev–Trinajstić information content (AvgIpc) is 2.81. The zero-order valence-electron chi connectivity index (χ0n) is 11.7. The first kappa shape index (κ1) is 14.3. The van der Waals surface area contributed by atoms with E-state index in [1.165, 1.54) is 11.3 Å². The zero-order valence-corrected chi connectivity index (χ0v) is 12.5. The van der Waals surface area contributed by atoms with E-state index in [1.807, 2.05) is 31.3 Å². The van der Waals surface area contributed by atoms with Gasteiger partial charge in [0.25, 0.3) is 0 Å². The summed E-state index contributed by atoms with van der Waals surface area (Å²) >= 11 is 1.53. The van der Waals surface area contributed by atoms with Crippen LogP contribution in [-0.2, 0) is 11.3 Å². The Morgan fingerprint density at radius 2 is 2.20 bits per heavy atom. The molecule has 0 aliphatic carbocycles. The quantitative estimate of drug-likeness (QED) is 0.692. The van der Waals surface area contributed by atoms with E-state index in [2.05, 4.69) is 4.98 Å². The van der Waals surface area contributed by atoms with Gasteiger partial charge in [-0.1, -0.05) is 0 Å². The lowest BCUT2D eigenvalue weighted by molar-refractivity contribution is 0.0469. The molecule has 0 fully saturated rings. The van der Waals surface area contributed by atoms with Crippen LogP contribution < -0.4 is 10.6 Å². The number of aromatic nitrogens is 1. The summed E-state index contributed by atoms with van der Waals surface area (Å²) in [6, 6.07) is 5.19. The first-order valence-corrected chi connectivity index (χ1v) is 7.00. The van der Waals surface area contributed by atoms with Gasteiger partial charge in [0.05, 0.1) is 22.0 Å². The Morgan fingerprint density at radius 1 is 1.45 bits per heavy atom. The largest absolute Gasteiger partial charge is 0.455 e. The van der Waals surface area contributed by atoms with E-state index in [9.17, 15) is 4.79 Å². The van der Waals surface area contributed by atoms with Gasteiger partial charge < -0.3 is 15.4 Å². The van der Waals surface area contributed by atoms with Gasteiger partial charge in [-0.15, -0.1) is 11.3 Å². The third-order valence-corrected chi connectivity index (χ3v) is 3.56. The summed E-state index contributed by atoms with van der Waals surface area (Å²) < 4.78 is 5.30. The van der Waals surface area contributed by atoms with E-state index in [0.717, 1.165) is 16.4 Å². The summed E-state index contributed by atoms with van der Waals surface area (Å²) in [5, 5.41) is 2.84. The van der Waals surface area contributed by atoms with Crippen LogP contribution in [-0.4, -0.2) is 25.0 Å². The van der Waals surface area contributed by atoms with Crippen LogP contribution in [0.25, 0.3) is 0 Å². The summed E-state index contributed by atoms with van der Waals surface area (Å²) in [6.45, 7) is 2.09. The number of thiazole rings is 1. The molecule has 6 heteroatoms. The van der Waals surface area contributed by atoms with Crippen LogP contribution in [0.5, 0.6) is 0 Å². The van der Waals surface area contributed by atoms with Crippen molar-refractivity contribution in [2.24, 2.45) is 0 Å². The van der Waals surface area contributed by atoms with Crippen molar-refractivity contribution in [1.29, 1.82) is 0 Å². The van der Waals surface area contributed by atoms with Crippen LogP contribution in [0.3, 0.4) is 0 Å². The molecule has 0 radical (unpaired) electrons. The predicted octanol–water partition coefficient (Wildman–Crippen LogP) is 2.46. The van der Waals surface area contributed by atoms with E-state index >= 15 is 0 Å². The second-order valence-electron chi connectivity index (χ2n) is 4.61. The highest BCUT2D eigenvalue weighted by atomic mass is 32.1. The number of esters is 1. The lowest BCUT2D eigenvalue weighted by Gasteiger charge is -2.17. The Bertz CT molecular complexity index is 623. The molecule has 0 aliphatic rings. The number of nitrogen functional groups attached to an aromatic ring is 1. The van der Waals surface area contributed by atoms with Gasteiger partial charge in [0, 0.05) is 25.2 Å². The van der Waals surface area contributed by atoms with E-state index in [1.54, 1.807) is 18.2 Å². The minimum absolute atomic E-state index is 0.171. The highest BCUT2D eigenvalue weighted by molar-refractivity contribution is 7.09. The zero-order chi connectivity index (χ0) is 14.7. The molecule has 0 unspecified atom stereocenters. The molecule has 1 aromatic carbocycles. The highest BCUT2D eigenvalue weighted by Crippen LogP contribution is 2.22.